The number of nitrogens with one attached hydrogen (secondary N) is 1. The van der Waals surface area contributed by atoms with Gasteiger partial charge in [-0.25, -0.2) is 9.78 Å². The topological polar surface area (TPSA) is 74.4 Å². The van der Waals surface area contributed by atoms with Crippen molar-refractivity contribution < 1.29 is 22.7 Å². The average Bonchev–Trinajstić information content (AvgIpc) is 3.20. The number of rotatable bonds is 5. The lowest BCUT2D eigenvalue weighted by Crippen LogP contribution is -2.51. The Morgan fingerprint density at radius 3 is 2.62 bits per heavy atom. The highest BCUT2D eigenvalue weighted by atomic mass is 19.4. The quantitative estimate of drug-likeness (QED) is 0.603. The van der Waals surface area contributed by atoms with Crippen molar-refractivity contribution in [1.82, 2.24) is 20.1 Å². The number of aromatic amines is 1. The molecule has 4 rings (SSSR count). The van der Waals surface area contributed by atoms with Crippen LogP contribution in [-0.4, -0.2) is 51.7 Å². The van der Waals surface area contributed by atoms with Crippen LogP contribution in [0.3, 0.4) is 0 Å². The van der Waals surface area contributed by atoms with Crippen molar-refractivity contribution in [3.8, 4) is 5.88 Å². The second-order valence-electron chi connectivity index (χ2n) is 7.65. The Balaban J connectivity index is 1.37. The zero-order chi connectivity index (χ0) is 22.7. The van der Waals surface area contributed by atoms with Gasteiger partial charge in [0.2, 0.25) is 5.88 Å². The second-order valence-corrected chi connectivity index (χ2v) is 7.65. The molecule has 0 spiro atoms. The van der Waals surface area contributed by atoms with E-state index < -0.39 is 17.7 Å². The number of benzene rings is 1. The van der Waals surface area contributed by atoms with Crippen LogP contribution in [0, 0.1) is 0 Å². The summed E-state index contributed by atoms with van der Waals surface area (Å²) in [5, 5.41) is 6.79. The Hall–Kier alpha value is -3.40. The normalized spacial score (nSPS) is 17.4. The SMILES string of the molecule is C[C@@H]1CN(Cc2c[nH]nc2OC(=O)c2ccccc2)CCN1c1ccc(C(F)(F)F)cn1. The number of carbonyl (C=O) groups excluding carboxylic acids is 1. The van der Waals surface area contributed by atoms with Crippen LogP contribution in [0.25, 0.3) is 0 Å². The Morgan fingerprint density at radius 1 is 1.19 bits per heavy atom. The Morgan fingerprint density at radius 2 is 1.97 bits per heavy atom. The maximum absolute atomic E-state index is 12.8. The van der Waals surface area contributed by atoms with E-state index in [0.29, 0.717) is 37.6 Å². The molecule has 3 aromatic rings. The highest BCUT2D eigenvalue weighted by Crippen LogP contribution is 2.30. The van der Waals surface area contributed by atoms with Gasteiger partial charge in [-0.05, 0) is 31.2 Å². The van der Waals surface area contributed by atoms with E-state index in [9.17, 15) is 18.0 Å². The van der Waals surface area contributed by atoms with Gasteiger partial charge in [0.05, 0.1) is 11.1 Å². The van der Waals surface area contributed by atoms with Crippen LogP contribution in [0.4, 0.5) is 19.0 Å². The lowest BCUT2D eigenvalue weighted by molar-refractivity contribution is -0.137. The van der Waals surface area contributed by atoms with Gasteiger partial charge in [0.25, 0.3) is 0 Å². The van der Waals surface area contributed by atoms with Crippen molar-refractivity contribution in [2.24, 2.45) is 0 Å². The monoisotopic (exact) mass is 445 g/mol. The smallest absolute Gasteiger partial charge is 0.402 e. The number of esters is 1. The van der Waals surface area contributed by atoms with E-state index in [0.717, 1.165) is 17.8 Å². The molecule has 0 amide bonds. The van der Waals surface area contributed by atoms with Crippen molar-refractivity contribution >= 4 is 11.8 Å². The number of alkyl halides is 3. The molecule has 1 atom stereocenters. The number of halogens is 3. The number of hydrogen-bond donors (Lipinski definition) is 1. The number of hydrogen-bond acceptors (Lipinski definition) is 6. The van der Waals surface area contributed by atoms with Crippen LogP contribution >= 0.6 is 0 Å². The molecule has 0 radical (unpaired) electrons. The first-order valence-electron chi connectivity index (χ1n) is 10.1. The maximum Gasteiger partial charge on any atom is 0.417 e. The Kier molecular flexibility index (Phi) is 6.13. The molecule has 10 heteroatoms. The highest BCUT2D eigenvalue weighted by Gasteiger charge is 2.32. The lowest BCUT2D eigenvalue weighted by atomic mass is 10.1. The molecule has 0 saturated carbocycles. The van der Waals surface area contributed by atoms with Gasteiger partial charge < -0.3 is 9.64 Å². The molecule has 2 aromatic heterocycles. The third-order valence-corrected chi connectivity index (χ3v) is 5.35. The predicted octanol–water partition coefficient (Wildman–Crippen LogP) is 3.75. The molecule has 1 fully saturated rings. The summed E-state index contributed by atoms with van der Waals surface area (Å²) in [5.41, 5.74) is 0.431. The van der Waals surface area contributed by atoms with Gasteiger partial charge in [0.1, 0.15) is 5.82 Å². The molecule has 1 aliphatic rings. The van der Waals surface area contributed by atoms with Gasteiger partial charge >= 0.3 is 12.1 Å². The molecule has 32 heavy (non-hydrogen) atoms. The predicted molar refractivity (Wildman–Crippen MR) is 111 cm³/mol. The van der Waals surface area contributed by atoms with Gasteiger partial charge in [-0.1, -0.05) is 18.2 Å². The van der Waals surface area contributed by atoms with Crippen molar-refractivity contribution in [1.29, 1.82) is 0 Å². The largest absolute Gasteiger partial charge is 0.417 e. The number of nitrogens with zero attached hydrogens (tertiary/aromatic N) is 4. The summed E-state index contributed by atoms with van der Waals surface area (Å²) < 4.78 is 43.8. The number of H-pyrrole nitrogens is 1. The zero-order valence-electron chi connectivity index (χ0n) is 17.3. The summed E-state index contributed by atoms with van der Waals surface area (Å²) in [5.74, 6) is 0.273. The van der Waals surface area contributed by atoms with E-state index in [1.165, 1.54) is 6.07 Å². The minimum absolute atomic E-state index is 0.0372. The van der Waals surface area contributed by atoms with Gasteiger partial charge in [0, 0.05) is 50.2 Å². The molecule has 1 saturated heterocycles. The number of ether oxygens (including phenoxy) is 1. The van der Waals surface area contributed by atoms with Gasteiger partial charge in [-0.2, -0.15) is 13.2 Å². The fraction of sp³-hybridized carbons (Fsp3) is 0.318. The standard InChI is InChI=1S/C22H22F3N5O2/c1-15-13-29(9-10-30(15)19-8-7-18(12-26-19)22(23,24)25)14-17-11-27-28-20(17)32-21(31)16-5-3-2-4-6-16/h2-8,11-12,15H,9-10,13-14H2,1H3,(H,27,28)/t15-/m1/s1. The molecule has 1 aromatic carbocycles. The number of pyridine rings is 1. The molecule has 1 N–H and O–H groups in total. The van der Waals surface area contributed by atoms with Crippen LogP contribution in [0.15, 0.2) is 54.9 Å². The van der Waals surface area contributed by atoms with E-state index >= 15 is 0 Å². The molecule has 0 aliphatic carbocycles. The molecular weight excluding hydrogens is 423 g/mol. The number of aromatic nitrogens is 3. The van der Waals surface area contributed by atoms with Crippen LogP contribution in [0.1, 0.15) is 28.4 Å². The summed E-state index contributed by atoms with van der Waals surface area (Å²) in [6, 6.07) is 11.2. The zero-order valence-corrected chi connectivity index (χ0v) is 17.3. The molecule has 3 heterocycles. The van der Waals surface area contributed by atoms with Crippen molar-refractivity contribution in [2.75, 3.05) is 24.5 Å². The van der Waals surface area contributed by atoms with Gasteiger partial charge in [-0.3, -0.25) is 10.00 Å². The van der Waals surface area contributed by atoms with Crippen LogP contribution in [-0.2, 0) is 12.7 Å². The van der Waals surface area contributed by atoms with Gasteiger partial charge in [0.15, 0.2) is 0 Å². The van der Waals surface area contributed by atoms with Crippen LogP contribution < -0.4 is 9.64 Å². The van der Waals surface area contributed by atoms with Crippen LogP contribution in [0.2, 0.25) is 0 Å². The van der Waals surface area contributed by atoms with E-state index in [4.69, 9.17) is 4.74 Å². The molecule has 1 aliphatic heterocycles. The number of anilines is 1. The Bertz CT molecular complexity index is 1050. The van der Waals surface area contributed by atoms with Crippen molar-refractivity contribution in [3.05, 3.63) is 71.5 Å². The van der Waals surface area contributed by atoms with E-state index in [1.807, 2.05) is 17.9 Å². The number of piperazine rings is 1. The minimum Gasteiger partial charge on any atom is -0.402 e. The summed E-state index contributed by atoms with van der Waals surface area (Å²) in [7, 11) is 0. The first-order chi connectivity index (χ1) is 15.3. The van der Waals surface area contributed by atoms with E-state index in [1.54, 1.807) is 30.5 Å². The minimum atomic E-state index is -4.40. The van der Waals surface area contributed by atoms with Crippen molar-refractivity contribution in [3.63, 3.8) is 0 Å². The molecular formula is C22H22F3N5O2. The van der Waals surface area contributed by atoms with Crippen molar-refractivity contribution in [2.45, 2.75) is 25.7 Å². The molecule has 0 bridgehead atoms. The summed E-state index contributed by atoms with van der Waals surface area (Å²) >= 11 is 0. The molecule has 0 unspecified atom stereocenters. The highest BCUT2D eigenvalue weighted by molar-refractivity contribution is 5.90. The first-order valence-corrected chi connectivity index (χ1v) is 10.1. The fourth-order valence-corrected chi connectivity index (χ4v) is 3.71. The number of carbonyl (C=O) groups is 1. The van der Waals surface area contributed by atoms with E-state index in [2.05, 4.69) is 20.1 Å². The maximum atomic E-state index is 12.8. The average molecular weight is 445 g/mol. The van der Waals surface area contributed by atoms with E-state index in [-0.39, 0.29) is 11.9 Å². The lowest BCUT2D eigenvalue weighted by Gasteiger charge is -2.40. The van der Waals surface area contributed by atoms with Gasteiger partial charge in [-0.15, -0.1) is 5.10 Å². The summed E-state index contributed by atoms with van der Waals surface area (Å²) in [6.45, 7) is 4.46. The third-order valence-electron chi connectivity index (χ3n) is 5.35. The summed E-state index contributed by atoms with van der Waals surface area (Å²) in [6.07, 6.45) is -1.84. The second kappa shape index (κ2) is 8.99. The Labute approximate surface area is 182 Å². The molecule has 168 valence electrons. The third kappa shape index (κ3) is 4.91. The van der Waals surface area contributed by atoms with Crippen LogP contribution in [0.5, 0.6) is 5.88 Å². The molecule has 7 nitrogen and oxygen atoms in total. The fourth-order valence-electron chi connectivity index (χ4n) is 3.71. The summed E-state index contributed by atoms with van der Waals surface area (Å²) in [4.78, 5) is 20.5. The first kappa shape index (κ1) is 21.8.